The van der Waals surface area contributed by atoms with Gasteiger partial charge in [0.05, 0.1) is 11.6 Å². The van der Waals surface area contributed by atoms with E-state index in [0.29, 0.717) is 18.1 Å². The lowest BCUT2D eigenvalue weighted by molar-refractivity contribution is -0.133. The molecular formula is C12H22N2O3S. The summed E-state index contributed by atoms with van der Waals surface area (Å²) in [4.78, 5) is 24.8. The molecule has 6 heteroatoms. The van der Waals surface area contributed by atoms with Crippen molar-refractivity contribution >= 4 is 23.6 Å². The first-order chi connectivity index (χ1) is 8.34. The van der Waals surface area contributed by atoms with Gasteiger partial charge in [0.1, 0.15) is 6.54 Å². The highest BCUT2D eigenvalue weighted by atomic mass is 32.2. The van der Waals surface area contributed by atoms with Gasteiger partial charge in [-0.25, -0.2) is 0 Å². The Hall–Kier alpha value is -0.750. The quantitative estimate of drug-likeness (QED) is 0.763. The molecule has 5 nitrogen and oxygen atoms in total. The van der Waals surface area contributed by atoms with E-state index in [4.69, 9.17) is 5.11 Å². The monoisotopic (exact) mass is 274 g/mol. The van der Waals surface area contributed by atoms with Crippen LogP contribution in [-0.2, 0) is 9.59 Å². The average Bonchev–Trinajstić information content (AvgIpc) is 2.62. The van der Waals surface area contributed by atoms with E-state index in [1.807, 2.05) is 20.8 Å². The minimum Gasteiger partial charge on any atom is -0.396 e. The van der Waals surface area contributed by atoms with Gasteiger partial charge in [-0.2, -0.15) is 0 Å². The number of aliphatic hydroxyl groups is 1. The smallest absolute Gasteiger partial charge is 0.239 e. The molecular weight excluding hydrogens is 252 g/mol. The SMILES string of the molecule is CC(C)(C)C(CCO)NC(=O)CN1CSCC1=O. The van der Waals surface area contributed by atoms with Gasteiger partial charge in [0, 0.05) is 12.6 Å². The van der Waals surface area contributed by atoms with Crippen molar-refractivity contribution in [2.75, 3.05) is 24.8 Å². The van der Waals surface area contributed by atoms with Crippen LogP contribution in [-0.4, -0.2) is 52.6 Å². The first-order valence-corrected chi connectivity index (χ1v) is 7.26. The van der Waals surface area contributed by atoms with Crippen LogP contribution in [0.2, 0.25) is 0 Å². The lowest BCUT2D eigenvalue weighted by Gasteiger charge is -2.31. The van der Waals surface area contributed by atoms with Crippen molar-refractivity contribution in [2.45, 2.75) is 33.2 Å². The number of rotatable bonds is 5. The van der Waals surface area contributed by atoms with Gasteiger partial charge in [0.15, 0.2) is 0 Å². The number of nitrogens with zero attached hydrogens (tertiary/aromatic N) is 1. The van der Waals surface area contributed by atoms with Crippen molar-refractivity contribution in [1.29, 1.82) is 0 Å². The fourth-order valence-corrected chi connectivity index (χ4v) is 2.71. The average molecular weight is 274 g/mol. The molecule has 1 unspecified atom stereocenters. The second-order valence-corrected chi connectivity index (χ2v) is 6.52. The lowest BCUT2D eigenvalue weighted by atomic mass is 9.85. The van der Waals surface area contributed by atoms with Gasteiger partial charge in [-0.05, 0) is 11.8 Å². The third kappa shape index (κ3) is 4.49. The molecule has 18 heavy (non-hydrogen) atoms. The number of carbonyl (C=O) groups is 2. The zero-order valence-electron chi connectivity index (χ0n) is 11.2. The predicted octanol–water partition coefficient (Wildman–Crippen LogP) is 0.433. The molecule has 2 amide bonds. The maximum Gasteiger partial charge on any atom is 0.239 e. The van der Waals surface area contributed by atoms with Crippen LogP contribution in [0.15, 0.2) is 0 Å². The van der Waals surface area contributed by atoms with E-state index in [9.17, 15) is 9.59 Å². The summed E-state index contributed by atoms with van der Waals surface area (Å²) in [7, 11) is 0. The Morgan fingerprint density at radius 1 is 1.56 bits per heavy atom. The first kappa shape index (κ1) is 15.3. The molecule has 0 spiro atoms. The van der Waals surface area contributed by atoms with E-state index in [2.05, 4.69) is 5.32 Å². The molecule has 2 N–H and O–H groups in total. The number of nitrogens with one attached hydrogen (secondary N) is 1. The molecule has 0 aliphatic carbocycles. The Kier molecular flexibility index (Phi) is 5.47. The van der Waals surface area contributed by atoms with Gasteiger partial charge in [-0.15, -0.1) is 11.8 Å². The van der Waals surface area contributed by atoms with Crippen LogP contribution in [0, 0.1) is 5.41 Å². The fraction of sp³-hybridized carbons (Fsp3) is 0.833. The number of thioether (sulfide) groups is 1. The van der Waals surface area contributed by atoms with E-state index in [1.165, 1.54) is 11.8 Å². The Labute approximate surface area is 112 Å². The summed E-state index contributed by atoms with van der Waals surface area (Å²) in [6.45, 7) is 6.21. The van der Waals surface area contributed by atoms with E-state index in [1.54, 1.807) is 4.90 Å². The molecule has 0 aromatic carbocycles. The minimum absolute atomic E-state index is 0.0182. The first-order valence-electron chi connectivity index (χ1n) is 6.10. The molecule has 1 heterocycles. The summed E-state index contributed by atoms with van der Waals surface area (Å²) < 4.78 is 0. The summed E-state index contributed by atoms with van der Waals surface area (Å²) in [5, 5.41) is 11.9. The van der Waals surface area contributed by atoms with Crippen LogP contribution in [0.25, 0.3) is 0 Å². The van der Waals surface area contributed by atoms with Crippen molar-refractivity contribution in [3.05, 3.63) is 0 Å². The number of aliphatic hydroxyl groups excluding tert-OH is 1. The highest BCUT2D eigenvalue weighted by Crippen LogP contribution is 2.21. The molecule has 0 bridgehead atoms. The van der Waals surface area contributed by atoms with Crippen LogP contribution in [0.4, 0.5) is 0 Å². The second-order valence-electron chi connectivity index (χ2n) is 5.57. The van der Waals surface area contributed by atoms with Crippen LogP contribution >= 0.6 is 11.8 Å². The molecule has 1 rings (SSSR count). The number of hydrogen-bond acceptors (Lipinski definition) is 4. The van der Waals surface area contributed by atoms with Crippen molar-refractivity contribution in [1.82, 2.24) is 10.2 Å². The molecule has 1 fully saturated rings. The van der Waals surface area contributed by atoms with Gasteiger partial charge in [0.25, 0.3) is 0 Å². The van der Waals surface area contributed by atoms with Crippen molar-refractivity contribution in [2.24, 2.45) is 5.41 Å². The van der Waals surface area contributed by atoms with Crippen molar-refractivity contribution < 1.29 is 14.7 Å². The van der Waals surface area contributed by atoms with Crippen LogP contribution < -0.4 is 5.32 Å². The highest BCUT2D eigenvalue weighted by molar-refractivity contribution is 8.00. The van der Waals surface area contributed by atoms with Gasteiger partial charge in [0.2, 0.25) is 11.8 Å². The van der Waals surface area contributed by atoms with Gasteiger partial charge in [-0.3, -0.25) is 9.59 Å². The van der Waals surface area contributed by atoms with Gasteiger partial charge >= 0.3 is 0 Å². The minimum atomic E-state index is -0.153. The third-order valence-corrected chi connectivity index (χ3v) is 3.90. The van der Waals surface area contributed by atoms with Crippen molar-refractivity contribution in [3.63, 3.8) is 0 Å². The van der Waals surface area contributed by atoms with Gasteiger partial charge < -0.3 is 15.3 Å². The summed E-state index contributed by atoms with van der Waals surface area (Å²) in [5.41, 5.74) is -0.109. The fourth-order valence-electron chi connectivity index (χ4n) is 1.80. The molecule has 0 radical (unpaired) electrons. The topological polar surface area (TPSA) is 69.6 Å². The zero-order valence-corrected chi connectivity index (χ0v) is 12.0. The molecule has 104 valence electrons. The molecule has 0 aromatic heterocycles. The van der Waals surface area contributed by atoms with Crippen LogP contribution in [0.1, 0.15) is 27.2 Å². The zero-order chi connectivity index (χ0) is 13.8. The highest BCUT2D eigenvalue weighted by Gasteiger charge is 2.28. The lowest BCUT2D eigenvalue weighted by Crippen LogP contribution is -2.48. The third-order valence-electron chi connectivity index (χ3n) is 2.96. The molecule has 1 aliphatic heterocycles. The molecule has 0 saturated carbocycles. The van der Waals surface area contributed by atoms with E-state index in [-0.39, 0.29) is 36.4 Å². The normalized spacial score (nSPS) is 18.0. The van der Waals surface area contributed by atoms with E-state index in [0.717, 1.165) is 0 Å². The van der Waals surface area contributed by atoms with Crippen molar-refractivity contribution in [3.8, 4) is 0 Å². The maximum absolute atomic E-state index is 11.9. The molecule has 0 aromatic rings. The predicted molar refractivity (Wildman–Crippen MR) is 72.1 cm³/mol. The van der Waals surface area contributed by atoms with E-state index < -0.39 is 0 Å². The van der Waals surface area contributed by atoms with Crippen LogP contribution in [0.3, 0.4) is 0 Å². The Morgan fingerprint density at radius 3 is 2.67 bits per heavy atom. The number of amides is 2. The Morgan fingerprint density at radius 2 is 2.22 bits per heavy atom. The second kappa shape index (κ2) is 6.43. The standard InChI is InChI=1S/C12H22N2O3S/c1-12(2,3)9(4-5-15)13-10(16)6-14-8-18-7-11(14)17/h9,15H,4-8H2,1-3H3,(H,13,16). The summed E-state index contributed by atoms with van der Waals surface area (Å²) in [6, 6.07) is -0.0830. The number of carbonyl (C=O) groups excluding carboxylic acids is 2. The number of hydrogen-bond donors (Lipinski definition) is 2. The van der Waals surface area contributed by atoms with E-state index >= 15 is 0 Å². The largest absolute Gasteiger partial charge is 0.396 e. The molecule has 1 atom stereocenters. The molecule has 1 aliphatic rings. The Bertz CT molecular complexity index is 315. The molecule has 1 saturated heterocycles. The maximum atomic E-state index is 11.9. The van der Waals surface area contributed by atoms with Gasteiger partial charge in [-0.1, -0.05) is 20.8 Å². The summed E-state index contributed by atoms with van der Waals surface area (Å²) >= 11 is 1.52. The Balaban J connectivity index is 2.48. The summed E-state index contributed by atoms with van der Waals surface area (Å²) in [5.74, 6) is 0.919. The summed E-state index contributed by atoms with van der Waals surface area (Å²) in [6.07, 6.45) is 0.526. The van der Waals surface area contributed by atoms with Crippen LogP contribution in [0.5, 0.6) is 0 Å².